The lowest BCUT2D eigenvalue weighted by atomic mass is 10.1. The molecule has 0 fully saturated rings. The van der Waals surface area contributed by atoms with Crippen molar-refractivity contribution in [3.8, 4) is 5.75 Å². The number of para-hydroxylation sites is 1. The lowest BCUT2D eigenvalue weighted by molar-refractivity contribution is -0.137. The third-order valence-corrected chi connectivity index (χ3v) is 5.87. The fraction of sp³-hybridized carbons (Fsp3) is 0.273. The molecule has 0 spiro atoms. The summed E-state index contributed by atoms with van der Waals surface area (Å²) in [7, 11) is 1.57. The van der Waals surface area contributed by atoms with Crippen molar-refractivity contribution in [1.29, 1.82) is 0 Å². The maximum absolute atomic E-state index is 12.9. The minimum Gasteiger partial charge on any atom is -0.494 e. The van der Waals surface area contributed by atoms with Gasteiger partial charge in [0, 0.05) is 11.1 Å². The van der Waals surface area contributed by atoms with Gasteiger partial charge in [-0.25, -0.2) is 4.98 Å². The van der Waals surface area contributed by atoms with Crippen LogP contribution in [0.25, 0.3) is 10.9 Å². The van der Waals surface area contributed by atoms with Crippen molar-refractivity contribution >= 4 is 34.3 Å². The third kappa shape index (κ3) is 4.87. The van der Waals surface area contributed by atoms with E-state index >= 15 is 0 Å². The number of amides is 1. The first-order chi connectivity index (χ1) is 14.2. The van der Waals surface area contributed by atoms with E-state index in [0.29, 0.717) is 22.7 Å². The summed E-state index contributed by atoms with van der Waals surface area (Å²) in [6.07, 6.45) is -3.98. The van der Waals surface area contributed by atoms with Gasteiger partial charge in [-0.1, -0.05) is 36.9 Å². The number of ether oxygens (including phenoxy) is 1. The summed E-state index contributed by atoms with van der Waals surface area (Å²) in [6, 6.07) is 12.2. The minimum absolute atomic E-state index is 0.109. The van der Waals surface area contributed by atoms with Crippen molar-refractivity contribution in [3.05, 3.63) is 59.7 Å². The maximum atomic E-state index is 12.9. The van der Waals surface area contributed by atoms with E-state index in [1.807, 2.05) is 38.1 Å². The molecule has 8 heteroatoms. The van der Waals surface area contributed by atoms with Crippen molar-refractivity contribution < 1.29 is 22.7 Å². The SMILES string of the molecule is CCC(Sc1cc(C)c2cccc(OC)c2n1)C(=O)Nc1cccc(C(F)(F)F)c1. The van der Waals surface area contributed by atoms with Crippen LogP contribution in [0.4, 0.5) is 18.9 Å². The van der Waals surface area contributed by atoms with Crippen LogP contribution in [-0.4, -0.2) is 23.3 Å². The summed E-state index contributed by atoms with van der Waals surface area (Å²) in [4.78, 5) is 17.4. The summed E-state index contributed by atoms with van der Waals surface area (Å²) in [5.41, 5.74) is 1.00. The van der Waals surface area contributed by atoms with Gasteiger partial charge < -0.3 is 10.1 Å². The van der Waals surface area contributed by atoms with E-state index in [9.17, 15) is 18.0 Å². The van der Waals surface area contributed by atoms with E-state index < -0.39 is 17.0 Å². The molecular weight excluding hydrogens is 413 g/mol. The van der Waals surface area contributed by atoms with Crippen LogP contribution in [0, 0.1) is 6.92 Å². The van der Waals surface area contributed by atoms with E-state index in [1.54, 1.807) is 7.11 Å². The molecule has 0 radical (unpaired) electrons. The molecule has 1 unspecified atom stereocenters. The van der Waals surface area contributed by atoms with Gasteiger partial charge in [0.2, 0.25) is 5.91 Å². The first-order valence-corrected chi connectivity index (χ1v) is 10.2. The number of rotatable bonds is 6. The lowest BCUT2D eigenvalue weighted by Crippen LogP contribution is -2.25. The number of aryl methyl sites for hydroxylation is 1. The maximum Gasteiger partial charge on any atom is 0.416 e. The van der Waals surface area contributed by atoms with Gasteiger partial charge in [0.1, 0.15) is 11.3 Å². The number of methoxy groups -OCH3 is 1. The number of carbonyl (C=O) groups excluding carboxylic acids is 1. The molecule has 4 nitrogen and oxygen atoms in total. The summed E-state index contributed by atoms with van der Waals surface area (Å²) in [6.45, 7) is 3.80. The van der Waals surface area contributed by atoms with Crippen LogP contribution < -0.4 is 10.1 Å². The molecule has 0 aliphatic rings. The number of fused-ring (bicyclic) bond motifs is 1. The number of aromatic nitrogens is 1. The standard InChI is InChI=1S/C22H21F3N2O2S/c1-4-18(21(28)26-15-8-5-7-14(12-15)22(23,24)25)30-19-11-13(2)16-9-6-10-17(29-3)20(16)27-19/h5-12,18H,4H2,1-3H3,(H,26,28). The quantitative estimate of drug-likeness (QED) is 0.478. The molecule has 0 saturated carbocycles. The summed E-state index contributed by atoms with van der Waals surface area (Å²) in [5.74, 6) is 0.265. The number of anilines is 1. The normalized spacial score (nSPS) is 12.6. The Hall–Kier alpha value is -2.74. The molecule has 1 amide bonds. The second kappa shape index (κ2) is 8.95. The zero-order chi connectivity index (χ0) is 21.9. The average molecular weight is 434 g/mol. The fourth-order valence-corrected chi connectivity index (χ4v) is 4.06. The average Bonchev–Trinajstić information content (AvgIpc) is 2.71. The highest BCUT2D eigenvalue weighted by atomic mass is 32.2. The Morgan fingerprint density at radius 3 is 2.60 bits per heavy atom. The number of alkyl halides is 3. The van der Waals surface area contributed by atoms with E-state index in [2.05, 4.69) is 10.3 Å². The van der Waals surface area contributed by atoms with Crippen molar-refractivity contribution in [1.82, 2.24) is 4.98 Å². The lowest BCUT2D eigenvalue weighted by Gasteiger charge is -2.16. The summed E-state index contributed by atoms with van der Waals surface area (Å²) < 4.78 is 44.1. The van der Waals surface area contributed by atoms with Crippen LogP contribution in [0.15, 0.2) is 53.6 Å². The van der Waals surface area contributed by atoms with Gasteiger partial charge in [0.25, 0.3) is 0 Å². The van der Waals surface area contributed by atoms with Crippen molar-refractivity contribution in [2.24, 2.45) is 0 Å². The summed E-state index contributed by atoms with van der Waals surface area (Å²) in [5, 5.41) is 3.68. The Morgan fingerprint density at radius 1 is 1.20 bits per heavy atom. The second-order valence-corrected chi connectivity index (χ2v) is 7.94. The third-order valence-electron chi connectivity index (χ3n) is 4.59. The molecule has 3 rings (SSSR count). The first-order valence-electron chi connectivity index (χ1n) is 9.32. The van der Waals surface area contributed by atoms with E-state index in [-0.39, 0.29) is 11.6 Å². The molecule has 158 valence electrons. The zero-order valence-electron chi connectivity index (χ0n) is 16.7. The Labute approximate surface area is 176 Å². The van der Waals surface area contributed by atoms with Crippen LogP contribution in [-0.2, 0) is 11.0 Å². The zero-order valence-corrected chi connectivity index (χ0v) is 17.5. The van der Waals surface area contributed by atoms with Crippen LogP contribution >= 0.6 is 11.8 Å². The Bertz CT molecular complexity index is 1070. The van der Waals surface area contributed by atoms with Crippen LogP contribution in [0.3, 0.4) is 0 Å². The van der Waals surface area contributed by atoms with Gasteiger partial charge in [-0.05, 0) is 49.2 Å². The predicted molar refractivity (Wildman–Crippen MR) is 113 cm³/mol. The monoisotopic (exact) mass is 434 g/mol. The number of nitrogens with zero attached hydrogens (tertiary/aromatic N) is 1. The van der Waals surface area contributed by atoms with Gasteiger partial charge in [-0.2, -0.15) is 13.2 Å². The van der Waals surface area contributed by atoms with Crippen LogP contribution in [0.1, 0.15) is 24.5 Å². The molecule has 0 bridgehead atoms. The fourth-order valence-electron chi connectivity index (χ4n) is 3.05. The highest BCUT2D eigenvalue weighted by Crippen LogP contribution is 2.33. The van der Waals surface area contributed by atoms with Crippen molar-refractivity contribution in [2.45, 2.75) is 36.7 Å². The molecule has 1 aromatic heterocycles. The number of carbonyl (C=O) groups is 1. The van der Waals surface area contributed by atoms with Crippen LogP contribution in [0.5, 0.6) is 5.75 Å². The molecule has 30 heavy (non-hydrogen) atoms. The van der Waals surface area contributed by atoms with E-state index in [0.717, 1.165) is 23.1 Å². The number of benzene rings is 2. The topological polar surface area (TPSA) is 51.2 Å². The molecule has 2 aromatic carbocycles. The minimum atomic E-state index is -4.47. The van der Waals surface area contributed by atoms with Crippen molar-refractivity contribution in [3.63, 3.8) is 0 Å². The van der Waals surface area contributed by atoms with E-state index in [1.165, 1.54) is 23.9 Å². The molecule has 0 saturated heterocycles. The molecule has 0 aliphatic carbocycles. The second-order valence-electron chi connectivity index (χ2n) is 6.72. The number of nitrogens with one attached hydrogen (secondary N) is 1. The molecular formula is C22H21F3N2O2S. The number of thioether (sulfide) groups is 1. The smallest absolute Gasteiger partial charge is 0.416 e. The number of hydrogen-bond donors (Lipinski definition) is 1. The Kier molecular flexibility index (Phi) is 6.55. The number of halogens is 3. The predicted octanol–water partition coefficient (Wildman–Crippen LogP) is 6.08. The first kappa shape index (κ1) is 22.0. The van der Waals surface area contributed by atoms with Gasteiger partial charge in [0.15, 0.2) is 0 Å². The summed E-state index contributed by atoms with van der Waals surface area (Å²) >= 11 is 1.27. The number of pyridine rings is 1. The molecule has 1 N–H and O–H groups in total. The Morgan fingerprint density at radius 2 is 1.93 bits per heavy atom. The van der Waals surface area contributed by atoms with Gasteiger partial charge in [-0.3, -0.25) is 4.79 Å². The van der Waals surface area contributed by atoms with Crippen molar-refractivity contribution in [2.75, 3.05) is 12.4 Å². The Balaban J connectivity index is 1.82. The van der Waals surface area contributed by atoms with Gasteiger partial charge in [0.05, 0.1) is 22.9 Å². The molecule has 3 aromatic rings. The van der Waals surface area contributed by atoms with E-state index in [4.69, 9.17) is 4.74 Å². The molecule has 1 heterocycles. The highest BCUT2D eigenvalue weighted by molar-refractivity contribution is 8.00. The highest BCUT2D eigenvalue weighted by Gasteiger charge is 2.30. The van der Waals surface area contributed by atoms with Gasteiger partial charge in [-0.15, -0.1) is 0 Å². The molecule has 1 atom stereocenters. The van der Waals surface area contributed by atoms with Gasteiger partial charge >= 0.3 is 6.18 Å². The van der Waals surface area contributed by atoms with Crippen LogP contribution in [0.2, 0.25) is 0 Å². The number of hydrogen-bond acceptors (Lipinski definition) is 4. The molecule has 0 aliphatic heterocycles. The largest absolute Gasteiger partial charge is 0.494 e.